The van der Waals surface area contributed by atoms with E-state index in [9.17, 15) is 17.6 Å². The Kier molecular flexibility index (Phi) is 5.60. The molecule has 0 fully saturated rings. The largest absolute Gasteiger partial charge is 0.338 e. The van der Waals surface area contributed by atoms with Gasteiger partial charge in [0, 0.05) is 31.3 Å². The molecule has 0 spiro atoms. The number of sulfone groups is 1. The molecule has 1 N–H and O–H groups in total. The Morgan fingerprint density at radius 3 is 2.32 bits per heavy atom. The van der Waals surface area contributed by atoms with Crippen LogP contribution in [0.15, 0.2) is 60.9 Å². The highest BCUT2D eigenvalue weighted by atomic mass is 32.2. The van der Waals surface area contributed by atoms with Gasteiger partial charge in [-0.3, -0.25) is 4.79 Å². The molecule has 8 heteroatoms. The second-order valence-electron chi connectivity index (χ2n) is 6.62. The molecule has 0 aliphatic carbocycles. The van der Waals surface area contributed by atoms with Crippen LogP contribution < -0.4 is 5.32 Å². The molecule has 28 heavy (non-hydrogen) atoms. The van der Waals surface area contributed by atoms with E-state index in [1.54, 1.807) is 53.4 Å². The Bertz CT molecular complexity index is 1070. The van der Waals surface area contributed by atoms with Crippen LogP contribution in [0.2, 0.25) is 0 Å². The van der Waals surface area contributed by atoms with Crippen LogP contribution in [0.1, 0.15) is 33.4 Å². The standard InChI is InChI=1S/C20H20FN3O3S/c1-24-12-11-22-19(24)18(15-7-9-17(21)10-8-15)23-20(25)16-5-3-14(4-6-16)13-28(2,26)27/h3-12,18H,13H2,1-2H3,(H,23,25)/t18-/m0/s1. The Morgan fingerprint density at radius 2 is 1.79 bits per heavy atom. The maximum absolute atomic E-state index is 13.3. The lowest BCUT2D eigenvalue weighted by molar-refractivity contribution is 0.0941. The quantitative estimate of drug-likeness (QED) is 0.689. The molecule has 0 radical (unpaired) electrons. The Morgan fingerprint density at radius 1 is 1.14 bits per heavy atom. The summed E-state index contributed by atoms with van der Waals surface area (Å²) in [4.78, 5) is 17.1. The van der Waals surface area contributed by atoms with Gasteiger partial charge in [-0.15, -0.1) is 0 Å². The number of carbonyl (C=O) groups is 1. The predicted octanol–water partition coefficient (Wildman–Crippen LogP) is 2.62. The van der Waals surface area contributed by atoms with Crippen LogP contribution in [0.5, 0.6) is 0 Å². The van der Waals surface area contributed by atoms with Crippen molar-refractivity contribution in [3.63, 3.8) is 0 Å². The first-order valence-electron chi connectivity index (χ1n) is 8.53. The molecule has 0 bridgehead atoms. The van der Waals surface area contributed by atoms with Crippen molar-refractivity contribution in [2.45, 2.75) is 11.8 Å². The van der Waals surface area contributed by atoms with Crippen LogP contribution in [0, 0.1) is 5.82 Å². The maximum atomic E-state index is 13.3. The third kappa shape index (κ3) is 4.83. The van der Waals surface area contributed by atoms with E-state index in [1.165, 1.54) is 12.1 Å². The fourth-order valence-corrected chi connectivity index (χ4v) is 3.67. The molecule has 1 atom stereocenters. The van der Waals surface area contributed by atoms with Crippen LogP contribution in [0.25, 0.3) is 0 Å². The fraction of sp³-hybridized carbons (Fsp3) is 0.200. The fourth-order valence-electron chi connectivity index (χ4n) is 2.88. The molecule has 0 aliphatic rings. The van der Waals surface area contributed by atoms with Crippen LogP contribution >= 0.6 is 0 Å². The van der Waals surface area contributed by atoms with Crippen LogP contribution in [0.3, 0.4) is 0 Å². The number of carbonyl (C=O) groups excluding carboxylic acids is 1. The lowest BCUT2D eigenvalue weighted by Gasteiger charge is -2.19. The second kappa shape index (κ2) is 7.93. The van der Waals surface area contributed by atoms with Gasteiger partial charge in [0.05, 0.1) is 5.75 Å². The van der Waals surface area contributed by atoms with Crippen molar-refractivity contribution >= 4 is 15.7 Å². The summed E-state index contributed by atoms with van der Waals surface area (Å²) >= 11 is 0. The molecule has 1 amide bonds. The van der Waals surface area contributed by atoms with Gasteiger partial charge in [-0.25, -0.2) is 17.8 Å². The minimum atomic E-state index is -3.15. The van der Waals surface area contributed by atoms with E-state index in [0.717, 1.165) is 6.26 Å². The summed E-state index contributed by atoms with van der Waals surface area (Å²) in [6.07, 6.45) is 4.55. The van der Waals surface area contributed by atoms with Crippen molar-refractivity contribution in [3.05, 3.63) is 89.3 Å². The second-order valence-corrected chi connectivity index (χ2v) is 8.76. The van der Waals surface area contributed by atoms with Gasteiger partial charge in [-0.2, -0.15) is 0 Å². The lowest BCUT2D eigenvalue weighted by Crippen LogP contribution is -2.31. The molecule has 6 nitrogen and oxygen atoms in total. The van der Waals surface area contributed by atoms with E-state index in [4.69, 9.17) is 0 Å². The summed E-state index contributed by atoms with van der Waals surface area (Å²) in [6, 6.07) is 11.7. The molecule has 2 aromatic carbocycles. The summed E-state index contributed by atoms with van der Waals surface area (Å²) in [5.74, 6) is -0.188. The highest BCUT2D eigenvalue weighted by Gasteiger charge is 2.21. The monoisotopic (exact) mass is 401 g/mol. The average molecular weight is 401 g/mol. The highest BCUT2D eigenvalue weighted by Crippen LogP contribution is 2.21. The number of nitrogens with one attached hydrogen (secondary N) is 1. The third-order valence-corrected chi connectivity index (χ3v) is 5.10. The first-order valence-corrected chi connectivity index (χ1v) is 10.6. The normalized spacial score (nSPS) is 12.5. The molecule has 3 rings (SSSR count). The molecule has 146 valence electrons. The zero-order valence-corrected chi connectivity index (χ0v) is 16.3. The SMILES string of the molecule is Cn1ccnc1[C@@H](NC(=O)c1ccc(CS(C)(=O)=O)cc1)c1ccc(F)cc1. The summed E-state index contributed by atoms with van der Waals surface area (Å²) in [7, 11) is -1.33. The number of hydrogen-bond donors (Lipinski definition) is 1. The topological polar surface area (TPSA) is 81.1 Å². The zero-order chi connectivity index (χ0) is 20.3. The minimum Gasteiger partial charge on any atom is -0.338 e. The molecule has 0 aliphatic heterocycles. The molecule has 1 aromatic heterocycles. The van der Waals surface area contributed by atoms with E-state index in [-0.39, 0.29) is 17.5 Å². The van der Waals surface area contributed by atoms with Crippen molar-refractivity contribution in [2.24, 2.45) is 7.05 Å². The molecule has 1 heterocycles. The third-order valence-electron chi connectivity index (χ3n) is 4.24. The predicted molar refractivity (Wildman–Crippen MR) is 104 cm³/mol. The number of halogens is 1. The van der Waals surface area contributed by atoms with E-state index < -0.39 is 15.9 Å². The van der Waals surface area contributed by atoms with Crippen molar-refractivity contribution in [3.8, 4) is 0 Å². The molecule has 0 saturated carbocycles. The molecule has 0 unspecified atom stereocenters. The van der Waals surface area contributed by atoms with Crippen LogP contribution in [-0.4, -0.2) is 30.1 Å². The van der Waals surface area contributed by atoms with Crippen molar-refractivity contribution in [1.29, 1.82) is 0 Å². The number of imidazole rings is 1. The molecule has 3 aromatic rings. The van der Waals surface area contributed by atoms with Gasteiger partial charge in [0.15, 0.2) is 9.84 Å². The van der Waals surface area contributed by atoms with E-state index in [1.807, 2.05) is 7.05 Å². The number of benzene rings is 2. The van der Waals surface area contributed by atoms with Gasteiger partial charge < -0.3 is 9.88 Å². The number of amides is 1. The Balaban J connectivity index is 1.85. The number of aromatic nitrogens is 2. The summed E-state index contributed by atoms with van der Waals surface area (Å²) in [5, 5.41) is 2.92. The van der Waals surface area contributed by atoms with Gasteiger partial charge in [-0.1, -0.05) is 24.3 Å². The summed E-state index contributed by atoms with van der Waals surface area (Å²) in [6.45, 7) is 0. The summed E-state index contributed by atoms with van der Waals surface area (Å²) < 4.78 is 37.9. The average Bonchev–Trinajstić information content (AvgIpc) is 3.05. The molecular formula is C20H20FN3O3S. The Labute approximate surface area is 163 Å². The Hall–Kier alpha value is -3.00. The van der Waals surface area contributed by atoms with Crippen LogP contribution in [-0.2, 0) is 22.6 Å². The van der Waals surface area contributed by atoms with Crippen molar-refractivity contribution in [2.75, 3.05) is 6.26 Å². The number of aryl methyl sites for hydroxylation is 1. The van der Waals surface area contributed by atoms with Gasteiger partial charge >= 0.3 is 0 Å². The van der Waals surface area contributed by atoms with Gasteiger partial charge in [0.25, 0.3) is 5.91 Å². The van der Waals surface area contributed by atoms with Gasteiger partial charge in [0.1, 0.15) is 17.7 Å². The number of nitrogens with zero attached hydrogens (tertiary/aromatic N) is 2. The molecule has 0 saturated heterocycles. The first kappa shape index (κ1) is 19.8. The zero-order valence-electron chi connectivity index (χ0n) is 15.5. The van der Waals surface area contributed by atoms with Crippen molar-refractivity contribution < 1.29 is 17.6 Å². The maximum Gasteiger partial charge on any atom is 0.252 e. The first-order chi connectivity index (χ1) is 13.2. The van der Waals surface area contributed by atoms with Gasteiger partial charge in [0.2, 0.25) is 0 Å². The van der Waals surface area contributed by atoms with E-state index in [0.29, 0.717) is 22.5 Å². The molecular weight excluding hydrogens is 381 g/mol. The van der Waals surface area contributed by atoms with E-state index in [2.05, 4.69) is 10.3 Å². The number of hydrogen-bond acceptors (Lipinski definition) is 4. The highest BCUT2D eigenvalue weighted by molar-refractivity contribution is 7.89. The van der Waals surface area contributed by atoms with Crippen molar-refractivity contribution in [1.82, 2.24) is 14.9 Å². The lowest BCUT2D eigenvalue weighted by atomic mass is 10.0. The summed E-state index contributed by atoms with van der Waals surface area (Å²) in [5.41, 5.74) is 1.69. The van der Waals surface area contributed by atoms with E-state index >= 15 is 0 Å². The smallest absolute Gasteiger partial charge is 0.252 e. The minimum absolute atomic E-state index is 0.0830. The number of rotatable bonds is 6. The van der Waals surface area contributed by atoms with Gasteiger partial charge in [-0.05, 0) is 35.4 Å². The van der Waals surface area contributed by atoms with Crippen LogP contribution in [0.4, 0.5) is 4.39 Å².